The van der Waals surface area contributed by atoms with Gasteiger partial charge in [-0.05, 0) is 34.4 Å². The van der Waals surface area contributed by atoms with Crippen molar-refractivity contribution in [2.75, 3.05) is 0 Å². The minimum atomic E-state index is -4.20. The van der Waals surface area contributed by atoms with Crippen LogP contribution in [0.4, 0.5) is 0 Å². The highest BCUT2D eigenvalue weighted by Gasteiger charge is 2.35. The van der Waals surface area contributed by atoms with Gasteiger partial charge in [-0.15, -0.1) is 0 Å². The van der Waals surface area contributed by atoms with Crippen LogP contribution in [0.15, 0.2) is 127 Å². The summed E-state index contributed by atoms with van der Waals surface area (Å²) in [7, 11) is -4.20. The molecule has 0 aliphatic carbocycles. The zero-order chi connectivity index (χ0) is 23.7. The molecule has 0 atom stereocenters. The van der Waals surface area contributed by atoms with E-state index in [0.29, 0.717) is 17.2 Å². The standard InChI is InChI=1S/C30H21O4P/c31-35(32-28-19-7-13-22-10-1-4-16-25(22)28,33-29-20-8-14-23-11-2-5-17-26(23)29)34-30-21-9-15-24-12-3-6-18-27(24)30/h1-21H. The van der Waals surface area contributed by atoms with Crippen LogP contribution in [0.5, 0.6) is 17.2 Å². The van der Waals surface area contributed by atoms with Crippen LogP contribution in [0.2, 0.25) is 0 Å². The molecule has 0 saturated heterocycles. The van der Waals surface area contributed by atoms with Gasteiger partial charge in [0.05, 0.1) is 0 Å². The van der Waals surface area contributed by atoms with E-state index < -0.39 is 7.82 Å². The van der Waals surface area contributed by atoms with Crippen LogP contribution >= 0.6 is 7.82 Å². The smallest absolute Gasteiger partial charge is 0.385 e. The van der Waals surface area contributed by atoms with Gasteiger partial charge >= 0.3 is 7.82 Å². The van der Waals surface area contributed by atoms with Crippen molar-refractivity contribution in [1.82, 2.24) is 0 Å². The van der Waals surface area contributed by atoms with Gasteiger partial charge < -0.3 is 13.6 Å². The maximum Gasteiger partial charge on any atom is 0.647 e. The number of phosphoric acid groups is 1. The summed E-state index contributed by atoms with van der Waals surface area (Å²) >= 11 is 0. The first-order valence-corrected chi connectivity index (χ1v) is 12.8. The Hall–Kier alpha value is -4.27. The highest BCUT2D eigenvalue weighted by atomic mass is 31.2. The summed E-state index contributed by atoms with van der Waals surface area (Å²) in [4.78, 5) is 0. The van der Waals surface area contributed by atoms with Crippen molar-refractivity contribution in [3.63, 3.8) is 0 Å². The van der Waals surface area contributed by atoms with E-state index in [1.165, 1.54) is 0 Å². The molecular weight excluding hydrogens is 455 g/mol. The first-order valence-electron chi connectivity index (χ1n) is 11.3. The summed E-state index contributed by atoms with van der Waals surface area (Å²) in [5.74, 6) is 1.27. The molecule has 0 bridgehead atoms. The molecule has 6 rings (SSSR count). The molecule has 5 heteroatoms. The zero-order valence-corrected chi connectivity index (χ0v) is 19.6. The summed E-state index contributed by atoms with van der Waals surface area (Å²) in [5.41, 5.74) is 0. The minimum absolute atomic E-state index is 0.423. The lowest BCUT2D eigenvalue weighted by atomic mass is 10.1. The molecule has 0 amide bonds. The number of fused-ring (bicyclic) bond motifs is 3. The highest BCUT2D eigenvalue weighted by molar-refractivity contribution is 7.49. The van der Waals surface area contributed by atoms with Crippen LogP contribution < -0.4 is 13.6 Å². The minimum Gasteiger partial charge on any atom is -0.385 e. The molecule has 0 spiro atoms. The molecule has 4 nitrogen and oxygen atoms in total. The number of hydrogen-bond acceptors (Lipinski definition) is 4. The van der Waals surface area contributed by atoms with Gasteiger partial charge in [-0.2, -0.15) is 4.57 Å². The van der Waals surface area contributed by atoms with Crippen LogP contribution in [0.25, 0.3) is 32.3 Å². The van der Waals surface area contributed by atoms with Crippen molar-refractivity contribution < 1.29 is 18.1 Å². The van der Waals surface area contributed by atoms with E-state index in [2.05, 4.69) is 0 Å². The molecular formula is C30H21O4P. The van der Waals surface area contributed by atoms with Gasteiger partial charge in [-0.3, -0.25) is 0 Å². The van der Waals surface area contributed by atoms with Crippen LogP contribution in [-0.4, -0.2) is 0 Å². The maximum atomic E-state index is 14.4. The van der Waals surface area contributed by atoms with E-state index in [9.17, 15) is 4.57 Å². The summed E-state index contributed by atoms with van der Waals surface area (Å²) in [6, 6.07) is 40.1. The quantitative estimate of drug-likeness (QED) is 0.225. The fraction of sp³-hybridized carbons (Fsp3) is 0. The Bertz CT molecular complexity index is 1510. The second kappa shape index (κ2) is 8.83. The molecule has 0 heterocycles. The number of rotatable bonds is 6. The predicted octanol–water partition coefficient (Wildman–Crippen LogP) is 8.79. The molecule has 35 heavy (non-hydrogen) atoms. The summed E-state index contributed by atoms with van der Waals surface area (Å²) < 4.78 is 32.8. The van der Waals surface area contributed by atoms with Gasteiger partial charge in [0.1, 0.15) is 17.2 Å². The first kappa shape index (κ1) is 21.3. The van der Waals surface area contributed by atoms with Gasteiger partial charge in [0.25, 0.3) is 0 Å². The van der Waals surface area contributed by atoms with Crippen LogP contribution in [0, 0.1) is 0 Å². The molecule has 0 aliphatic rings. The summed E-state index contributed by atoms with van der Waals surface area (Å²) in [6.45, 7) is 0. The summed E-state index contributed by atoms with van der Waals surface area (Å²) in [6.07, 6.45) is 0. The van der Waals surface area contributed by atoms with Crippen molar-refractivity contribution in [2.45, 2.75) is 0 Å². The van der Waals surface area contributed by atoms with Gasteiger partial charge in [-0.1, -0.05) is 109 Å². The second-order valence-corrected chi connectivity index (χ2v) is 9.60. The Kier molecular flexibility index (Phi) is 5.36. The molecule has 0 radical (unpaired) electrons. The van der Waals surface area contributed by atoms with Gasteiger partial charge in [-0.25, -0.2) is 0 Å². The van der Waals surface area contributed by atoms with E-state index in [-0.39, 0.29) is 0 Å². The average molecular weight is 476 g/mol. The average Bonchev–Trinajstić information content (AvgIpc) is 2.89. The topological polar surface area (TPSA) is 44.8 Å². The van der Waals surface area contributed by atoms with Crippen LogP contribution in [-0.2, 0) is 4.57 Å². The molecule has 0 N–H and O–H groups in total. The van der Waals surface area contributed by atoms with Crippen molar-refractivity contribution in [3.8, 4) is 17.2 Å². The van der Waals surface area contributed by atoms with E-state index >= 15 is 0 Å². The van der Waals surface area contributed by atoms with E-state index in [4.69, 9.17) is 13.6 Å². The number of phosphoric ester groups is 1. The summed E-state index contributed by atoms with van der Waals surface area (Å²) in [5, 5.41) is 5.35. The SMILES string of the molecule is O=P(Oc1cccc2ccccc12)(Oc1cccc2ccccc12)Oc1cccc2ccccc12. The fourth-order valence-electron chi connectivity index (χ4n) is 4.24. The highest BCUT2D eigenvalue weighted by Crippen LogP contribution is 2.53. The van der Waals surface area contributed by atoms with E-state index in [1.807, 2.05) is 109 Å². The lowest BCUT2D eigenvalue weighted by Gasteiger charge is -2.21. The largest absolute Gasteiger partial charge is 0.647 e. The molecule has 0 saturated carbocycles. The monoisotopic (exact) mass is 476 g/mol. The third-order valence-corrected chi connectivity index (χ3v) is 7.14. The van der Waals surface area contributed by atoms with Gasteiger partial charge in [0.15, 0.2) is 0 Å². The molecule has 6 aromatic carbocycles. The predicted molar refractivity (Wildman–Crippen MR) is 141 cm³/mol. The third kappa shape index (κ3) is 4.21. The van der Waals surface area contributed by atoms with Gasteiger partial charge in [0, 0.05) is 16.2 Å². The first-order chi connectivity index (χ1) is 17.2. The van der Waals surface area contributed by atoms with Crippen molar-refractivity contribution in [3.05, 3.63) is 127 Å². The fourth-order valence-corrected chi connectivity index (χ4v) is 5.56. The van der Waals surface area contributed by atoms with Crippen molar-refractivity contribution >= 4 is 40.1 Å². The van der Waals surface area contributed by atoms with Crippen molar-refractivity contribution in [1.29, 1.82) is 0 Å². The van der Waals surface area contributed by atoms with E-state index in [0.717, 1.165) is 32.3 Å². The molecule has 0 aliphatic heterocycles. The second-order valence-electron chi connectivity index (χ2n) is 8.15. The Labute approximate surface area is 202 Å². The lowest BCUT2D eigenvalue weighted by molar-refractivity contribution is 0.302. The molecule has 0 fully saturated rings. The van der Waals surface area contributed by atoms with Gasteiger partial charge in [0.2, 0.25) is 0 Å². The lowest BCUT2D eigenvalue weighted by Crippen LogP contribution is -2.08. The number of hydrogen-bond donors (Lipinski definition) is 0. The Morgan fingerprint density at radius 2 is 0.657 bits per heavy atom. The maximum absolute atomic E-state index is 14.4. The number of benzene rings is 6. The van der Waals surface area contributed by atoms with Crippen LogP contribution in [0.3, 0.4) is 0 Å². The molecule has 0 unspecified atom stereocenters. The molecule has 170 valence electrons. The molecule has 6 aromatic rings. The Morgan fingerprint density at radius 1 is 0.371 bits per heavy atom. The Morgan fingerprint density at radius 3 is 1.00 bits per heavy atom. The molecule has 0 aromatic heterocycles. The Balaban J connectivity index is 1.48. The third-order valence-electron chi connectivity index (χ3n) is 5.88. The normalized spacial score (nSPS) is 11.5. The van der Waals surface area contributed by atoms with E-state index in [1.54, 1.807) is 18.2 Å². The van der Waals surface area contributed by atoms with Crippen LogP contribution in [0.1, 0.15) is 0 Å². The zero-order valence-electron chi connectivity index (χ0n) is 18.7. The van der Waals surface area contributed by atoms with Crippen molar-refractivity contribution in [2.24, 2.45) is 0 Å².